The molecule has 3 atom stereocenters. The molecule has 0 spiro atoms. The maximum Gasteiger partial charge on any atom is 0.220 e. The molecule has 1 N–H and O–H groups in total. The molecule has 3 heteroatoms. The molecule has 4 saturated carbocycles. The Morgan fingerprint density at radius 3 is 2.33 bits per heavy atom. The van der Waals surface area contributed by atoms with Crippen molar-refractivity contribution >= 4 is 17.5 Å². The van der Waals surface area contributed by atoms with Crippen LogP contribution >= 0.6 is 11.6 Å². The topological polar surface area (TPSA) is 29.1 Å². The van der Waals surface area contributed by atoms with E-state index < -0.39 is 0 Å². The van der Waals surface area contributed by atoms with Gasteiger partial charge in [0.15, 0.2) is 0 Å². The summed E-state index contributed by atoms with van der Waals surface area (Å²) in [5.74, 6) is 1.73. The molecule has 21 heavy (non-hydrogen) atoms. The number of halogens is 1. The van der Waals surface area contributed by atoms with Crippen molar-refractivity contribution in [3.8, 4) is 0 Å². The van der Waals surface area contributed by atoms with Crippen LogP contribution in [0.2, 0.25) is 0 Å². The van der Waals surface area contributed by atoms with Gasteiger partial charge in [-0.1, -0.05) is 13.8 Å². The molecule has 4 fully saturated rings. The predicted molar refractivity (Wildman–Crippen MR) is 87.4 cm³/mol. The number of rotatable bonds is 5. The molecule has 4 bridgehead atoms. The van der Waals surface area contributed by atoms with Crippen LogP contribution in [0.25, 0.3) is 0 Å². The zero-order valence-electron chi connectivity index (χ0n) is 13.8. The molecule has 0 aliphatic heterocycles. The molecule has 0 radical (unpaired) electrons. The van der Waals surface area contributed by atoms with Crippen LogP contribution in [-0.4, -0.2) is 17.8 Å². The van der Waals surface area contributed by atoms with Gasteiger partial charge in [-0.25, -0.2) is 0 Å². The molecule has 2 nitrogen and oxygen atoms in total. The van der Waals surface area contributed by atoms with E-state index in [0.29, 0.717) is 16.7 Å². The number of amides is 1. The van der Waals surface area contributed by atoms with Crippen LogP contribution in [0.5, 0.6) is 0 Å². The lowest BCUT2D eigenvalue weighted by molar-refractivity contribution is -0.156. The Bertz CT molecular complexity index is 417. The highest BCUT2D eigenvalue weighted by Crippen LogP contribution is 2.70. The normalized spacial score (nSPS) is 45.6. The summed E-state index contributed by atoms with van der Waals surface area (Å²) in [5, 5.41) is 3.16. The zero-order valence-corrected chi connectivity index (χ0v) is 14.6. The van der Waals surface area contributed by atoms with Gasteiger partial charge < -0.3 is 5.32 Å². The third-order valence-electron chi connectivity index (χ3n) is 6.23. The Labute approximate surface area is 134 Å². The first-order chi connectivity index (χ1) is 9.76. The van der Waals surface area contributed by atoms with Crippen LogP contribution in [-0.2, 0) is 4.79 Å². The highest BCUT2D eigenvalue weighted by molar-refractivity contribution is 6.17. The number of hydrogen-bond donors (Lipinski definition) is 1. The van der Waals surface area contributed by atoms with E-state index in [2.05, 4.69) is 26.1 Å². The fourth-order valence-corrected chi connectivity index (χ4v) is 7.11. The first-order valence-corrected chi connectivity index (χ1v) is 9.14. The Morgan fingerprint density at radius 1 is 1.19 bits per heavy atom. The first-order valence-electron chi connectivity index (χ1n) is 8.61. The van der Waals surface area contributed by atoms with Gasteiger partial charge >= 0.3 is 0 Å². The average molecular weight is 312 g/mol. The number of carbonyl (C=O) groups is 1. The molecule has 4 aliphatic carbocycles. The summed E-state index contributed by atoms with van der Waals surface area (Å²) >= 11 is 5.76. The average Bonchev–Trinajstić information content (AvgIpc) is 2.21. The molecule has 0 saturated heterocycles. The van der Waals surface area contributed by atoms with Crippen LogP contribution in [0.3, 0.4) is 0 Å². The SMILES string of the molecule is CC(CCCl)NC(=O)CC12CC3CC(C)(CC(C)(C3)C1)C2. The monoisotopic (exact) mass is 311 g/mol. The van der Waals surface area contributed by atoms with Crippen molar-refractivity contribution in [2.45, 2.75) is 78.2 Å². The molecule has 4 rings (SSSR count). The van der Waals surface area contributed by atoms with Gasteiger partial charge in [0, 0.05) is 18.3 Å². The molecule has 0 aromatic rings. The van der Waals surface area contributed by atoms with E-state index in [1.807, 2.05) is 0 Å². The van der Waals surface area contributed by atoms with Crippen LogP contribution in [0, 0.1) is 22.2 Å². The number of nitrogens with one attached hydrogen (secondary N) is 1. The second-order valence-electron chi connectivity index (χ2n) is 9.25. The smallest absolute Gasteiger partial charge is 0.220 e. The van der Waals surface area contributed by atoms with E-state index in [0.717, 1.165) is 18.8 Å². The number of carbonyl (C=O) groups excluding carboxylic acids is 1. The van der Waals surface area contributed by atoms with Crippen molar-refractivity contribution in [3.63, 3.8) is 0 Å². The molecule has 0 aromatic heterocycles. The summed E-state index contributed by atoms with van der Waals surface area (Å²) in [7, 11) is 0. The maximum absolute atomic E-state index is 12.5. The lowest BCUT2D eigenvalue weighted by atomic mass is 9.40. The van der Waals surface area contributed by atoms with Gasteiger partial charge in [-0.3, -0.25) is 4.79 Å². The van der Waals surface area contributed by atoms with Crippen molar-refractivity contribution in [2.24, 2.45) is 22.2 Å². The van der Waals surface area contributed by atoms with Crippen molar-refractivity contribution in [1.82, 2.24) is 5.32 Å². The lowest BCUT2D eigenvalue weighted by Gasteiger charge is -2.65. The van der Waals surface area contributed by atoms with Crippen molar-refractivity contribution in [1.29, 1.82) is 0 Å². The van der Waals surface area contributed by atoms with Gasteiger partial charge in [-0.05, 0) is 74.0 Å². The van der Waals surface area contributed by atoms with E-state index in [4.69, 9.17) is 11.6 Å². The molecule has 0 heterocycles. The van der Waals surface area contributed by atoms with Crippen LogP contribution < -0.4 is 5.32 Å². The Hall–Kier alpha value is -0.240. The minimum absolute atomic E-state index is 0.204. The van der Waals surface area contributed by atoms with Crippen molar-refractivity contribution in [3.05, 3.63) is 0 Å². The number of alkyl halides is 1. The van der Waals surface area contributed by atoms with Gasteiger partial charge in [0.25, 0.3) is 0 Å². The summed E-state index contributed by atoms with van der Waals surface area (Å²) < 4.78 is 0. The molecule has 0 aromatic carbocycles. The maximum atomic E-state index is 12.5. The van der Waals surface area contributed by atoms with E-state index in [9.17, 15) is 4.79 Å². The second-order valence-corrected chi connectivity index (χ2v) is 9.63. The Morgan fingerprint density at radius 2 is 1.81 bits per heavy atom. The minimum atomic E-state index is 0.204. The quantitative estimate of drug-likeness (QED) is 0.744. The standard InChI is InChI=1S/C18H30ClNO/c1-13(4-5-19)20-15(21)9-18-8-14-6-16(2,11-18)10-17(3,7-14)12-18/h13-14H,4-12H2,1-3H3,(H,20,21). The fourth-order valence-electron chi connectivity index (χ4n) is 6.78. The summed E-state index contributed by atoms with van der Waals surface area (Å²) in [6, 6.07) is 0.204. The molecular formula is C18H30ClNO. The molecule has 3 unspecified atom stereocenters. The Kier molecular flexibility index (Phi) is 3.83. The minimum Gasteiger partial charge on any atom is -0.354 e. The Balaban J connectivity index is 1.69. The van der Waals surface area contributed by atoms with E-state index >= 15 is 0 Å². The molecule has 120 valence electrons. The van der Waals surface area contributed by atoms with E-state index in [1.165, 1.54) is 38.5 Å². The van der Waals surface area contributed by atoms with Gasteiger partial charge in [-0.2, -0.15) is 0 Å². The fraction of sp³-hybridized carbons (Fsp3) is 0.944. The summed E-state index contributed by atoms with van der Waals surface area (Å²) in [6.07, 6.45) is 9.59. The van der Waals surface area contributed by atoms with Gasteiger partial charge in [0.1, 0.15) is 0 Å². The predicted octanol–water partition coefficient (Wildman–Crippen LogP) is 4.51. The van der Waals surface area contributed by atoms with Crippen LogP contribution in [0.4, 0.5) is 0 Å². The van der Waals surface area contributed by atoms with Gasteiger partial charge in [-0.15, -0.1) is 11.6 Å². The van der Waals surface area contributed by atoms with Crippen molar-refractivity contribution in [2.75, 3.05) is 5.88 Å². The first kappa shape index (κ1) is 15.6. The highest BCUT2D eigenvalue weighted by Gasteiger charge is 2.60. The number of hydrogen-bond acceptors (Lipinski definition) is 1. The third-order valence-corrected chi connectivity index (χ3v) is 6.45. The second kappa shape index (κ2) is 5.15. The molecule has 4 aliphatic rings. The van der Waals surface area contributed by atoms with Crippen LogP contribution in [0.1, 0.15) is 72.1 Å². The third kappa shape index (κ3) is 3.11. The summed E-state index contributed by atoms with van der Waals surface area (Å²) in [5.41, 5.74) is 1.28. The highest BCUT2D eigenvalue weighted by atomic mass is 35.5. The zero-order chi connectivity index (χ0) is 15.3. The molecular weight excluding hydrogens is 282 g/mol. The van der Waals surface area contributed by atoms with Crippen LogP contribution in [0.15, 0.2) is 0 Å². The summed E-state index contributed by atoms with van der Waals surface area (Å²) in [6.45, 7) is 7.00. The van der Waals surface area contributed by atoms with Gasteiger partial charge in [0.05, 0.1) is 0 Å². The largest absolute Gasteiger partial charge is 0.354 e. The molecule has 1 amide bonds. The lowest BCUT2D eigenvalue weighted by Crippen LogP contribution is -2.56. The van der Waals surface area contributed by atoms with Gasteiger partial charge in [0.2, 0.25) is 5.91 Å². The van der Waals surface area contributed by atoms with Crippen molar-refractivity contribution < 1.29 is 4.79 Å². The summed E-state index contributed by atoms with van der Waals surface area (Å²) in [4.78, 5) is 12.5. The van der Waals surface area contributed by atoms with E-state index in [-0.39, 0.29) is 17.4 Å². The van der Waals surface area contributed by atoms with E-state index in [1.54, 1.807) is 0 Å².